The smallest absolute Gasteiger partial charge is 0.327 e. The lowest BCUT2D eigenvalue weighted by Crippen LogP contribution is -2.37. The van der Waals surface area contributed by atoms with E-state index in [0.717, 1.165) is 16.6 Å². The van der Waals surface area contributed by atoms with E-state index < -0.39 is 40.9 Å². The number of halogens is 1. The van der Waals surface area contributed by atoms with Gasteiger partial charge in [0.1, 0.15) is 12.4 Å². The summed E-state index contributed by atoms with van der Waals surface area (Å²) in [6.07, 6.45) is 0.976. The van der Waals surface area contributed by atoms with Gasteiger partial charge in [0, 0.05) is 5.69 Å². The zero-order valence-corrected chi connectivity index (χ0v) is 15.6. The summed E-state index contributed by atoms with van der Waals surface area (Å²) < 4.78 is 42.9. The molecule has 0 fully saturated rings. The maximum atomic E-state index is 13.1. The lowest BCUT2D eigenvalue weighted by Gasteiger charge is -2.23. The Hall–Kier alpha value is -2.94. The summed E-state index contributed by atoms with van der Waals surface area (Å²) in [7, 11) is -3.74. The summed E-state index contributed by atoms with van der Waals surface area (Å²) >= 11 is 0. The van der Waals surface area contributed by atoms with Gasteiger partial charge < -0.3 is 10.1 Å². The molecule has 0 aliphatic rings. The SMILES string of the molecule is Cc1ccccc1N(CC(=O)OCC(=O)Nc1cccc(F)c1)S(C)(=O)=O. The molecule has 0 heterocycles. The standard InChI is InChI=1S/C18H19FN2O5S/c1-13-6-3-4-9-16(13)21(27(2,24)25)11-18(23)26-12-17(22)20-15-8-5-7-14(19)10-15/h3-10H,11-12H2,1-2H3,(H,20,22). The topological polar surface area (TPSA) is 92.8 Å². The van der Waals surface area contributed by atoms with Gasteiger partial charge in [-0.2, -0.15) is 0 Å². The number of nitrogens with one attached hydrogen (secondary N) is 1. The maximum Gasteiger partial charge on any atom is 0.327 e. The molecule has 0 saturated heterocycles. The van der Waals surface area contributed by atoms with E-state index in [9.17, 15) is 22.4 Å². The molecule has 0 aromatic heterocycles. The lowest BCUT2D eigenvalue weighted by atomic mass is 10.2. The van der Waals surface area contributed by atoms with Gasteiger partial charge in [-0.25, -0.2) is 12.8 Å². The highest BCUT2D eigenvalue weighted by Gasteiger charge is 2.23. The molecule has 27 heavy (non-hydrogen) atoms. The van der Waals surface area contributed by atoms with Crippen molar-refractivity contribution in [2.24, 2.45) is 0 Å². The molecule has 9 heteroatoms. The van der Waals surface area contributed by atoms with Gasteiger partial charge in [0.25, 0.3) is 5.91 Å². The van der Waals surface area contributed by atoms with Crippen LogP contribution in [0.4, 0.5) is 15.8 Å². The van der Waals surface area contributed by atoms with Crippen LogP contribution in [0.1, 0.15) is 5.56 Å². The molecule has 0 aliphatic carbocycles. The van der Waals surface area contributed by atoms with Crippen molar-refractivity contribution < 1.29 is 27.1 Å². The Kier molecular flexibility index (Phi) is 6.51. The third-order valence-electron chi connectivity index (χ3n) is 3.53. The molecule has 0 radical (unpaired) electrons. The quantitative estimate of drug-likeness (QED) is 0.726. The van der Waals surface area contributed by atoms with E-state index in [1.807, 2.05) is 0 Å². The van der Waals surface area contributed by atoms with E-state index in [4.69, 9.17) is 4.74 Å². The Balaban J connectivity index is 1.98. The van der Waals surface area contributed by atoms with Crippen LogP contribution in [0, 0.1) is 12.7 Å². The van der Waals surface area contributed by atoms with E-state index in [1.54, 1.807) is 31.2 Å². The highest BCUT2D eigenvalue weighted by atomic mass is 32.2. The summed E-state index contributed by atoms with van der Waals surface area (Å²) in [5.41, 5.74) is 1.23. The Bertz CT molecular complexity index is 946. The molecule has 0 aliphatic heterocycles. The van der Waals surface area contributed by atoms with Gasteiger partial charge in [-0.1, -0.05) is 24.3 Å². The summed E-state index contributed by atoms with van der Waals surface area (Å²) in [4.78, 5) is 23.8. The van der Waals surface area contributed by atoms with E-state index >= 15 is 0 Å². The third kappa shape index (κ3) is 6.07. The molecular weight excluding hydrogens is 375 g/mol. The molecule has 0 atom stereocenters. The molecule has 0 saturated carbocycles. The van der Waals surface area contributed by atoms with E-state index in [0.29, 0.717) is 11.3 Å². The Morgan fingerprint density at radius 2 is 1.85 bits per heavy atom. The molecule has 2 aromatic rings. The zero-order chi connectivity index (χ0) is 20.0. The van der Waals surface area contributed by atoms with Crippen LogP contribution in [0.5, 0.6) is 0 Å². The number of nitrogens with zero attached hydrogens (tertiary/aromatic N) is 1. The van der Waals surface area contributed by atoms with Crippen LogP contribution >= 0.6 is 0 Å². The number of hydrogen-bond donors (Lipinski definition) is 1. The van der Waals surface area contributed by atoms with Crippen molar-refractivity contribution >= 4 is 33.3 Å². The van der Waals surface area contributed by atoms with Crippen LogP contribution in [0.2, 0.25) is 0 Å². The number of rotatable bonds is 7. The second-order valence-electron chi connectivity index (χ2n) is 5.78. The fourth-order valence-corrected chi connectivity index (χ4v) is 3.20. The number of para-hydroxylation sites is 1. The zero-order valence-electron chi connectivity index (χ0n) is 14.8. The number of esters is 1. The number of ether oxygens (including phenoxy) is 1. The summed E-state index contributed by atoms with van der Waals surface area (Å²) in [5, 5.41) is 2.37. The molecule has 1 N–H and O–H groups in total. The van der Waals surface area contributed by atoms with Crippen molar-refractivity contribution in [3.63, 3.8) is 0 Å². The molecular formula is C18H19FN2O5S. The van der Waals surface area contributed by atoms with Crippen LogP contribution in [-0.4, -0.2) is 39.7 Å². The second kappa shape index (κ2) is 8.63. The number of amides is 1. The van der Waals surface area contributed by atoms with Crippen LogP contribution in [0.25, 0.3) is 0 Å². The van der Waals surface area contributed by atoms with E-state index in [-0.39, 0.29) is 5.69 Å². The number of aryl methyl sites for hydroxylation is 1. The average Bonchev–Trinajstić information content (AvgIpc) is 2.58. The number of benzene rings is 2. The predicted molar refractivity (Wildman–Crippen MR) is 99.4 cm³/mol. The summed E-state index contributed by atoms with van der Waals surface area (Å²) in [5.74, 6) is -2.08. The normalized spacial score (nSPS) is 10.9. The molecule has 0 spiro atoms. The van der Waals surface area contributed by atoms with Crippen LogP contribution in [0.15, 0.2) is 48.5 Å². The van der Waals surface area contributed by atoms with Crippen molar-refractivity contribution in [1.82, 2.24) is 0 Å². The lowest BCUT2D eigenvalue weighted by molar-refractivity contribution is -0.145. The Morgan fingerprint density at radius 1 is 1.15 bits per heavy atom. The number of sulfonamides is 1. The van der Waals surface area contributed by atoms with Gasteiger partial charge in [0.2, 0.25) is 10.0 Å². The molecule has 0 unspecified atom stereocenters. The van der Waals surface area contributed by atoms with Gasteiger partial charge >= 0.3 is 5.97 Å². The van der Waals surface area contributed by atoms with Crippen molar-refractivity contribution in [2.75, 3.05) is 29.0 Å². The molecule has 7 nitrogen and oxygen atoms in total. The fraction of sp³-hybridized carbons (Fsp3) is 0.222. The number of carbonyl (C=O) groups is 2. The average molecular weight is 394 g/mol. The van der Waals surface area contributed by atoms with E-state index in [2.05, 4.69) is 5.32 Å². The first kappa shape index (κ1) is 20.4. The van der Waals surface area contributed by atoms with Crippen molar-refractivity contribution in [1.29, 1.82) is 0 Å². The highest BCUT2D eigenvalue weighted by Crippen LogP contribution is 2.21. The first-order valence-corrected chi connectivity index (χ1v) is 9.76. The number of anilines is 2. The van der Waals surface area contributed by atoms with Gasteiger partial charge in [-0.3, -0.25) is 13.9 Å². The predicted octanol–water partition coefficient (Wildman–Crippen LogP) is 2.08. The Morgan fingerprint density at radius 3 is 2.48 bits per heavy atom. The molecule has 0 bridgehead atoms. The van der Waals surface area contributed by atoms with E-state index in [1.165, 1.54) is 18.2 Å². The van der Waals surface area contributed by atoms with Crippen molar-refractivity contribution in [3.05, 3.63) is 59.9 Å². The molecule has 2 aromatic carbocycles. The second-order valence-corrected chi connectivity index (χ2v) is 7.68. The third-order valence-corrected chi connectivity index (χ3v) is 4.66. The van der Waals surface area contributed by atoms with Crippen molar-refractivity contribution in [2.45, 2.75) is 6.92 Å². The minimum Gasteiger partial charge on any atom is -0.454 e. The Labute approximate surface area is 156 Å². The van der Waals surface area contributed by atoms with Gasteiger partial charge in [-0.15, -0.1) is 0 Å². The molecule has 144 valence electrons. The minimum absolute atomic E-state index is 0.216. The van der Waals surface area contributed by atoms with Crippen molar-refractivity contribution in [3.8, 4) is 0 Å². The van der Waals surface area contributed by atoms with Gasteiger partial charge in [-0.05, 0) is 36.8 Å². The highest BCUT2D eigenvalue weighted by molar-refractivity contribution is 7.92. The van der Waals surface area contributed by atoms with Crippen LogP contribution in [0.3, 0.4) is 0 Å². The fourth-order valence-electron chi connectivity index (χ4n) is 2.30. The van der Waals surface area contributed by atoms with Crippen LogP contribution < -0.4 is 9.62 Å². The van der Waals surface area contributed by atoms with Crippen LogP contribution in [-0.2, 0) is 24.3 Å². The first-order valence-electron chi connectivity index (χ1n) is 7.91. The minimum atomic E-state index is -3.74. The first-order chi connectivity index (χ1) is 12.7. The molecule has 1 amide bonds. The van der Waals surface area contributed by atoms with Gasteiger partial charge in [0.15, 0.2) is 6.61 Å². The number of hydrogen-bond acceptors (Lipinski definition) is 5. The van der Waals surface area contributed by atoms with Gasteiger partial charge in [0.05, 0.1) is 11.9 Å². The maximum absolute atomic E-state index is 13.1. The monoisotopic (exact) mass is 394 g/mol. The largest absolute Gasteiger partial charge is 0.454 e. The number of carbonyl (C=O) groups excluding carboxylic acids is 2. The summed E-state index contributed by atoms with van der Waals surface area (Å²) in [6, 6.07) is 11.9. The molecule has 2 rings (SSSR count). The summed E-state index contributed by atoms with van der Waals surface area (Å²) in [6.45, 7) is 0.517.